The second-order valence-electron chi connectivity index (χ2n) is 23.7. The monoisotopic (exact) mass is 1460 g/mol. The van der Waals surface area contributed by atoms with Gasteiger partial charge in [-0.05, 0) is 161 Å². The lowest BCUT2D eigenvalue weighted by Crippen LogP contribution is -2.30. The van der Waals surface area contributed by atoms with Crippen molar-refractivity contribution in [3.05, 3.63) is 207 Å². The molecule has 0 aromatic rings. The van der Waals surface area contributed by atoms with Gasteiger partial charge >= 0.3 is 39.5 Å². The summed E-state index contributed by atoms with van der Waals surface area (Å²) in [4.78, 5) is 72.8. The van der Waals surface area contributed by atoms with Crippen molar-refractivity contribution in [2.45, 2.75) is 251 Å². The van der Waals surface area contributed by atoms with Gasteiger partial charge in [-0.3, -0.25) is 37.3 Å². The Balaban J connectivity index is 5.56. The van der Waals surface area contributed by atoms with Crippen LogP contribution in [0.1, 0.15) is 233 Å². The van der Waals surface area contributed by atoms with Gasteiger partial charge in [0.2, 0.25) is 0 Å². The Morgan fingerprint density at radius 3 is 0.873 bits per heavy atom. The molecule has 0 fully saturated rings. The van der Waals surface area contributed by atoms with Gasteiger partial charge in [0.05, 0.1) is 32.8 Å². The van der Waals surface area contributed by atoms with E-state index in [9.17, 15) is 43.2 Å². The first-order valence-electron chi connectivity index (χ1n) is 37.3. The molecule has 0 saturated carbocycles. The van der Waals surface area contributed by atoms with Crippen LogP contribution in [0.5, 0.6) is 0 Å². The molecule has 3 N–H and O–H groups in total. The minimum atomic E-state index is -5.02. The topological polar surface area (TPSA) is 237 Å². The standard InChI is InChI=1S/C83H128O17P2/c1-5-9-13-17-21-25-29-33-37-38-42-44-48-52-56-60-64-68-81(86)94-74-79(100-83(88)70-66-62-58-54-50-46-41-36-32-28-24-20-16-12-8-4)76-98-102(91,92)96-72-77(84)71-95-101(89,90)97-75-78(99-82(87)69-65-61-57-53-49-45-40-35-31-27-23-19-15-11-7-3)73-93-80(85)67-63-59-55-51-47-43-39-34-30-26-22-18-14-10-6-2/h9-16,21-28,33-37,39-42,44,47,49,51-53,56,59,63,77-79,84H,5-8,17-20,29-32,38,43,45-46,48,50,54-55,57-58,60-62,64-76H2,1-4H3,(H,89,90)(H,91,92)/b13-9-,14-10-,15-11-,16-12-,25-21-,26-22-,27-23-,28-24-,37-33-,39-34-,40-35-,41-36-,44-42-,51-47-,53-49-,56-52-,63-59-. The molecule has 17 nitrogen and oxygen atoms in total. The average molecular weight is 1460 g/mol. The first-order chi connectivity index (χ1) is 49.7. The molecule has 0 aliphatic rings. The fraction of sp³-hybridized carbons (Fsp3) is 0.542. The Hall–Kier alpha value is -6.36. The lowest BCUT2D eigenvalue weighted by atomic mass is 10.1. The van der Waals surface area contributed by atoms with Gasteiger partial charge in [0, 0.05) is 19.3 Å². The number of phosphoric acid groups is 2. The summed E-state index contributed by atoms with van der Waals surface area (Å²) in [5.74, 6) is -2.49. The minimum absolute atomic E-state index is 0.0126. The number of ether oxygens (including phenoxy) is 4. The number of allylic oxidation sites excluding steroid dienone is 33. The molecule has 0 aromatic carbocycles. The van der Waals surface area contributed by atoms with Crippen molar-refractivity contribution >= 4 is 39.5 Å². The number of aliphatic hydroxyl groups is 1. The number of hydrogen-bond acceptors (Lipinski definition) is 15. The van der Waals surface area contributed by atoms with Crippen LogP contribution in [0, 0.1) is 0 Å². The van der Waals surface area contributed by atoms with Crippen LogP contribution >= 0.6 is 15.6 Å². The van der Waals surface area contributed by atoms with Crippen LogP contribution in [0.4, 0.5) is 0 Å². The van der Waals surface area contributed by atoms with E-state index < -0.39 is 97.5 Å². The second-order valence-corrected chi connectivity index (χ2v) is 26.6. The maximum atomic E-state index is 13.1. The Kier molecular flexibility index (Phi) is 68.4. The van der Waals surface area contributed by atoms with E-state index in [1.165, 1.54) is 0 Å². The molecule has 0 saturated heterocycles. The molecule has 0 rings (SSSR count). The van der Waals surface area contributed by atoms with Crippen molar-refractivity contribution in [3.8, 4) is 0 Å². The fourth-order valence-electron chi connectivity index (χ4n) is 8.74. The van der Waals surface area contributed by atoms with E-state index in [-0.39, 0.29) is 25.7 Å². The highest BCUT2D eigenvalue weighted by molar-refractivity contribution is 7.47. The smallest absolute Gasteiger partial charge is 0.462 e. The number of esters is 4. The van der Waals surface area contributed by atoms with Crippen molar-refractivity contribution in [2.75, 3.05) is 39.6 Å². The van der Waals surface area contributed by atoms with E-state index in [0.29, 0.717) is 38.5 Å². The molecular formula is C83H128O17P2. The first kappa shape index (κ1) is 95.6. The van der Waals surface area contributed by atoms with Crippen LogP contribution in [-0.4, -0.2) is 96.7 Å². The van der Waals surface area contributed by atoms with Crippen LogP contribution in [-0.2, 0) is 65.4 Å². The summed E-state index contributed by atoms with van der Waals surface area (Å²) >= 11 is 0. The van der Waals surface area contributed by atoms with E-state index >= 15 is 0 Å². The molecular weight excluding hydrogens is 1330 g/mol. The summed E-state index contributed by atoms with van der Waals surface area (Å²) < 4.78 is 68.2. The molecule has 0 aliphatic carbocycles. The quantitative estimate of drug-likeness (QED) is 0.0169. The highest BCUT2D eigenvalue weighted by Crippen LogP contribution is 2.45. The Morgan fingerprint density at radius 2 is 0.529 bits per heavy atom. The summed E-state index contributed by atoms with van der Waals surface area (Å²) in [6.07, 6.45) is 90.1. The fourth-order valence-corrected chi connectivity index (χ4v) is 10.3. The molecule has 5 unspecified atom stereocenters. The molecule has 0 spiro atoms. The van der Waals surface area contributed by atoms with Gasteiger partial charge in [-0.25, -0.2) is 9.13 Å². The van der Waals surface area contributed by atoms with Crippen molar-refractivity contribution in [1.29, 1.82) is 0 Å². The van der Waals surface area contributed by atoms with Crippen molar-refractivity contribution in [2.24, 2.45) is 0 Å². The zero-order valence-electron chi connectivity index (χ0n) is 62.2. The number of phosphoric ester groups is 2. The summed E-state index contributed by atoms with van der Waals surface area (Å²) in [5.41, 5.74) is 0. The summed E-state index contributed by atoms with van der Waals surface area (Å²) in [6.45, 7) is 4.11. The average Bonchev–Trinajstić information content (AvgIpc) is 0.923. The van der Waals surface area contributed by atoms with Gasteiger partial charge < -0.3 is 33.8 Å². The zero-order chi connectivity index (χ0) is 74.6. The number of carbonyl (C=O) groups is 4. The number of unbranched alkanes of at least 4 members (excludes halogenated alkanes) is 8. The zero-order valence-corrected chi connectivity index (χ0v) is 64.0. The molecule has 102 heavy (non-hydrogen) atoms. The van der Waals surface area contributed by atoms with Crippen molar-refractivity contribution in [1.82, 2.24) is 0 Å². The molecule has 19 heteroatoms. The second kappa shape index (κ2) is 73.0. The number of hydrogen-bond donors (Lipinski definition) is 3. The molecule has 572 valence electrons. The van der Waals surface area contributed by atoms with E-state index in [1.54, 1.807) is 6.08 Å². The maximum Gasteiger partial charge on any atom is 0.472 e. The van der Waals surface area contributed by atoms with Crippen molar-refractivity contribution in [3.63, 3.8) is 0 Å². The van der Waals surface area contributed by atoms with Crippen LogP contribution in [0.2, 0.25) is 0 Å². The number of carbonyl (C=O) groups excluding carboxylic acids is 4. The number of aliphatic hydroxyl groups excluding tert-OH is 1. The lowest BCUT2D eigenvalue weighted by molar-refractivity contribution is -0.161. The maximum absolute atomic E-state index is 13.1. The molecule has 0 heterocycles. The molecule has 0 radical (unpaired) electrons. The number of rotatable bonds is 67. The highest BCUT2D eigenvalue weighted by atomic mass is 31.2. The van der Waals surface area contributed by atoms with E-state index in [2.05, 4.69) is 192 Å². The predicted molar refractivity (Wildman–Crippen MR) is 417 cm³/mol. The van der Waals surface area contributed by atoms with Gasteiger partial charge in [0.25, 0.3) is 0 Å². The van der Waals surface area contributed by atoms with Crippen LogP contribution in [0.15, 0.2) is 207 Å². The van der Waals surface area contributed by atoms with E-state index in [4.69, 9.17) is 37.0 Å². The molecule has 0 amide bonds. The van der Waals surface area contributed by atoms with Crippen LogP contribution in [0.3, 0.4) is 0 Å². The minimum Gasteiger partial charge on any atom is -0.462 e. The van der Waals surface area contributed by atoms with Gasteiger partial charge in [0.15, 0.2) is 12.2 Å². The van der Waals surface area contributed by atoms with Crippen LogP contribution in [0.25, 0.3) is 0 Å². The molecule has 0 aromatic heterocycles. The Bertz CT molecular complexity index is 2750. The van der Waals surface area contributed by atoms with E-state index in [1.807, 2.05) is 36.5 Å². The van der Waals surface area contributed by atoms with E-state index in [0.717, 1.165) is 141 Å². The predicted octanol–water partition coefficient (Wildman–Crippen LogP) is 21.5. The third-order valence-electron chi connectivity index (χ3n) is 14.3. The summed E-state index contributed by atoms with van der Waals surface area (Å²) in [5, 5.41) is 10.6. The van der Waals surface area contributed by atoms with Crippen LogP contribution < -0.4 is 0 Å². The largest absolute Gasteiger partial charge is 0.472 e. The molecule has 0 bridgehead atoms. The SMILES string of the molecule is CC/C=C\C/C=C\C/C=C\C/C=C\C/C=C\CCCC(=O)OCC(COP(=O)(O)OCC(O)COP(=O)(O)OCC(COC(=O)C/C=C\C/C=C\C/C=C\C/C=C\C/C=C\CC)OC(=O)CCCC/C=C\C/C=C\C/C=C\C/C=C\CC)OC(=O)CCCCCCC/C=C\C/C=C\C/C=C\CC. The van der Waals surface area contributed by atoms with Crippen molar-refractivity contribution < 1.29 is 80.2 Å². The van der Waals surface area contributed by atoms with Gasteiger partial charge in [-0.2, -0.15) is 0 Å². The third-order valence-corrected chi connectivity index (χ3v) is 16.2. The molecule has 5 atom stereocenters. The Morgan fingerprint density at radius 1 is 0.284 bits per heavy atom. The molecule has 0 aliphatic heterocycles. The lowest BCUT2D eigenvalue weighted by Gasteiger charge is -2.21. The van der Waals surface area contributed by atoms with Gasteiger partial charge in [-0.1, -0.05) is 254 Å². The summed E-state index contributed by atoms with van der Waals surface area (Å²) in [6, 6.07) is 0. The first-order valence-corrected chi connectivity index (χ1v) is 40.3. The van der Waals surface area contributed by atoms with Gasteiger partial charge in [0.1, 0.15) is 19.3 Å². The summed E-state index contributed by atoms with van der Waals surface area (Å²) in [7, 11) is -10.0. The highest BCUT2D eigenvalue weighted by Gasteiger charge is 2.30. The third kappa shape index (κ3) is 72.0. The Labute approximate surface area is 614 Å². The van der Waals surface area contributed by atoms with Gasteiger partial charge in [-0.15, -0.1) is 0 Å². The normalized spacial score (nSPS) is 15.1.